The van der Waals surface area contributed by atoms with E-state index in [1.807, 2.05) is 55.5 Å². The van der Waals surface area contributed by atoms with Gasteiger partial charge in [-0.25, -0.2) is 0 Å². The topological polar surface area (TPSA) is 58.2 Å². The fourth-order valence-corrected chi connectivity index (χ4v) is 2.26. The third-order valence-electron chi connectivity index (χ3n) is 3.69. The third-order valence-corrected chi connectivity index (χ3v) is 3.69. The molecule has 120 valence electrons. The lowest BCUT2D eigenvalue weighted by Gasteiger charge is -2.13. The van der Waals surface area contributed by atoms with Crippen molar-refractivity contribution >= 4 is 23.2 Å². The SMILES string of the molecule is CCC(=O)Nc1cccc(NC(=O)CCc2ccccc2)c1C. The molecule has 2 N–H and O–H groups in total. The summed E-state index contributed by atoms with van der Waals surface area (Å²) in [6.07, 6.45) is 1.56. The lowest BCUT2D eigenvalue weighted by molar-refractivity contribution is -0.116. The van der Waals surface area contributed by atoms with Gasteiger partial charge in [0.2, 0.25) is 11.8 Å². The highest BCUT2D eigenvalue weighted by Gasteiger charge is 2.09. The molecule has 2 aromatic carbocycles. The van der Waals surface area contributed by atoms with Gasteiger partial charge in [0.05, 0.1) is 0 Å². The number of amides is 2. The third kappa shape index (κ3) is 4.95. The van der Waals surface area contributed by atoms with Gasteiger partial charge in [0.25, 0.3) is 0 Å². The standard InChI is InChI=1S/C19H22N2O2/c1-3-18(22)20-16-10-7-11-17(14(16)2)21-19(23)13-12-15-8-5-4-6-9-15/h4-11H,3,12-13H2,1-2H3,(H,20,22)(H,21,23). The minimum absolute atomic E-state index is 0.0316. The molecule has 0 fully saturated rings. The number of rotatable bonds is 6. The molecule has 0 saturated carbocycles. The molecule has 0 spiro atoms. The molecule has 0 saturated heterocycles. The Bertz CT molecular complexity index is 681. The summed E-state index contributed by atoms with van der Waals surface area (Å²) in [4.78, 5) is 23.7. The molecule has 0 aliphatic rings. The van der Waals surface area contributed by atoms with E-state index in [4.69, 9.17) is 0 Å². The highest BCUT2D eigenvalue weighted by molar-refractivity contribution is 5.95. The van der Waals surface area contributed by atoms with Crippen LogP contribution in [0.3, 0.4) is 0 Å². The molecular weight excluding hydrogens is 288 g/mol. The van der Waals surface area contributed by atoms with Crippen molar-refractivity contribution in [1.82, 2.24) is 0 Å². The molecule has 4 nitrogen and oxygen atoms in total. The molecule has 2 aromatic rings. The molecule has 2 amide bonds. The fraction of sp³-hybridized carbons (Fsp3) is 0.263. The van der Waals surface area contributed by atoms with Crippen LogP contribution in [-0.4, -0.2) is 11.8 Å². The number of hydrogen-bond donors (Lipinski definition) is 2. The average Bonchev–Trinajstić information content (AvgIpc) is 2.57. The Morgan fingerprint density at radius 3 is 2.09 bits per heavy atom. The van der Waals surface area contributed by atoms with Crippen molar-refractivity contribution in [2.45, 2.75) is 33.1 Å². The van der Waals surface area contributed by atoms with Crippen molar-refractivity contribution in [3.8, 4) is 0 Å². The first-order chi connectivity index (χ1) is 11.1. The average molecular weight is 310 g/mol. The quantitative estimate of drug-likeness (QED) is 0.849. The van der Waals surface area contributed by atoms with E-state index in [9.17, 15) is 9.59 Å². The first kappa shape index (κ1) is 16.7. The van der Waals surface area contributed by atoms with Gasteiger partial charge in [-0.2, -0.15) is 0 Å². The summed E-state index contributed by atoms with van der Waals surface area (Å²) < 4.78 is 0. The van der Waals surface area contributed by atoms with Gasteiger partial charge in [0.15, 0.2) is 0 Å². The summed E-state index contributed by atoms with van der Waals surface area (Å²) in [6.45, 7) is 3.69. The van der Waals surface area contributed by atoms with Crippen molar-refractivity contribution in [2.75, 3.05) is 10.6 Å². The van der Waals surface area contributed by atoms with Crippen molar-refractivity contribution < 1.29 is 9.59 Å². The summed E-state index contributed by atoms with van der Waals surface area (Å²) in [5.74, 6) is -0.0726. The summed E-state index contributed by atoms with van der Waals surface area (Å²) in [5, 5.41) is 5.76. The van der Waals surface area contributed by atoms with Gasteiger partial charge >= 0.3 is 0 Å². The molecule has 23 heavy (non-hydrogen) atoms. The van der Waals surface area contributed by atoms with Crippen LogP contribution < -0.4 is 10.6 Å². The second-order valence-electron chi connectivity index (χ2n) is 5.41. The van der Waals surface area contributed by atoms with Crippen molar-refractivity contribution in [1.29, 1.82) is 0 Å². The van der Waals surface area contributed by atoms with E-state index in [1.54, 1.807) is 6.92 Å². The molecule has 0 radical (unpaired) electrons. The summed E-state index contributed by atoms with van der Waals surface area (Å²) in [7, 11) is 0. The summed E-state index contributed by atoms with van der Waals surface area (Å²) in [5.41, 5.74) is 3.47. The number of carbonyl (C=O) groups excluding carboxylic acids is 2. The molecule has 0 aromatic heterocycles. The number of aryl methyl sites for hydroxylation is 1. The molecule has 0 aliphatic heterocycles. The number of benzene rings is 2. The fourth-order valence-electron chi connectivity index (χ4n) is 2.26. The van der Waals surface area contributed by atoms with Gasteiger partial charge in [0, 0.05) is 24.2 Å². The minimum atomic E-state index is -0.0411. The van der Waals surface area contributed by atoms with Crippen LogP contribution in [0.1, 0.15) is 30.9 Å². The number of hydrogen-bond acceptors (Lipinski definition) is 2. The summed E-state index contributed by atoms with van der Waals surface area (Å²) >= 11 is 0. The van der Waals surface area contributed by atoms with Gasteiger partial charge in [-0.3, -0.25) is 9.59 Å². The molecule has 4 heteroatoms. The van der Waals surface area contributed by atoms with E-state index in [0.717, 1.165) is 22.5 Å². The Kier molecular flexibility index (Phi) is 5.92. The van der Waals surface area contributed by atoms with Crippen molar-refractivity contribution in [3.63, 3.8) is 0 Å². The van der Waals surface area contributed by atoms with Crippen LogP contribution in [0.5, 0.6) is 0 Å². The minimum Gasteiger partial charge on any atom is -0.326 e. The highest BCUT2D eigenvalue weighted by Crippen LogP contribution is 2.23. The van der Waals surface area contributed by atoms with Gasteiger partial charge in [0.1, 0.15) is 0 Å². The van der Waals surface area contributed by atoms with E-state index < -0.39 is 0 Å². The molecule has 0 aliphatic carbocycles. The zero-order valence-corrected chi connectivity index (χ0v) is 13.6. The maximum Gasteiger partial charge on any atom is 0.224 e. The first-order valence-corrected chi connectivity index (χ1v) is 7.83. The van der Waals surface area contributed by atoms with Crippen molar-refractivity contribution in [3.05, 3.63) is 59.7 Å². The Morgan fingerprint density at radius 1 is 0.870 bits per heavy atom. The van der Waals surface area contributed by atoms with Gasteiger partial charge < -0.3 is 10.6 Å². The maximum absolute atomic E-state index is 12.1. The predicted molar refractivity (Wildman–Crippen MR) is 93.5 cm³/mol. The molecule has 0 bridgehead atoms. The van der Waals surface area contributed by atoms with E-state index in [-0.39, 0.29) is 11.8 Å². The Labute approximate surface area is 136 Å². The van der Waals surface area contributed by atoms with Crippen molar-refractivity contribution in [2.24, 2.45) is 0 Å². The maximum atomic E-state index is 12.1. The number of nitrogens with one attached hydrogen (secondary N) is 2. The zero-order valence-electron chi connectivity index (χ0n) is 13.6. The zero-order chi connectivity index (χ0) is 16.7. The Morgan fingerprint density at radius 2 is 1.48 bits per heavy atom. The number of anilines is 2. The molecule has 0 unspecified atom stereocenters. The smallest absolute Gasteiger partial charge is 0.224 e. The van der Waals surface area contributed by atoms with E-state index in [0.29, 0.717) is 19.3 Å². The first-order valence-electron chi connectivity index (χ1n) is 7.83. The monoisotopic (exact) mass is 310 g/mol. The largest absolute Gasteiger partial charge is 0.326 e. The normalized spacial score (nSPS) is 10.2. The lowest BCUT2D eigenvalue weighted by Crippen LogP contribution is -2.15. The molecule has 0 heterocycles. The summed E-state index contributed by atoms with van der Waals surface area (Å²) in [6, 6.07) is 15.4. The van der Waals surface area contributed by atoms with Crippen LogP contribution in [0, 0.1) is 6.92 Å². The molecule has 2 rings (SSSR count). The van der Waals surface area contributed by atoms with Crippen LogP contribution in [-0.2, 0) is 16.0 Å². The van der Waals surface area contributed by atoms with Crippen LogP contribution in [0.25, 0.3) is 0 Å². The lowest BCUT2D eigenvalue weighted by atomic mass is 10.1. The Balaban J connectivity index is 1.98. The van der Waals surface area contributed by atoms with Crippen LogP contribution in [0.2, 0.25) is 0 Å². The highest BCUT2D eigenvalue weighted by atomic mass is 16.2. The molecule has 0 atom stereocenters. The second kappa shape index (κ2) is 8.13. The predicted octanol–water partition coefficient (Wildman–Crippen LogP) is 3.91. The van der Waals surface area contributed by atoms with Crippen LogP contribution in [0.15, 0.2) is 48.5 Å². The number of carbonyl (C=O) groups is 2. The van der Waals surface area contributed by atoms with E-state index in [2.05, 4.69) is 10.6 Å². The van der Waals surface area contributed by atoms with E-state index in [1.165, 1.54) is 0 Å². The van der Waals surface area contributed by atoms with Gasteiger partial charge in [-0.1, -0.05) is 43.3 Å². The van der Waals surface area contributed by atoms with Crippen LogP contribution in [0.4, 0.5) is 11.4 Å². The molecular formula is C19H22N2O2. The van der Waals surface area contributed by atoms with Gasteiger partial charge in [-0.05, 0) is 36.6 Å². The van der Waals surface area contributed by atoms with E-state index >= 15 is 0 Å². The van der Waals surface area contributed by atoms with Crippen LogP contribution >= 0.6 is 0 Å². The second-order valence-corrected chi connectivity index (χ2v) is 5.41. The Hall–Kier alpha value is -2.62. The van der Waals surface area contributed by atoms with Gasteiger partial charge in [-0.15, -0.1) is 0 Å².